The number of nitrogens with zero attached hydrogens (tertiary/aromatic N) is 1. The lowest BCUT2D eigenvalue weighted by molar-refractivity contribution is 1.54. The highest BCUT2D eigenvalue weighted by atomic mass is 16.2. The highest BCUT2D eigenvalue weighted by Gasteiger charge is 1.52. The van der Waals surface area contributed by atoms with Gasteiger partial charge in [-0.3, -0.25) is 0 Å². The van der Waals surface area contributed by atoms with Gasteiger partial charge in [-0.25, -0.2) is 0 Å². The van der Waals surface area contributed by atoms with Gasteiger partial charge in [0, 0.05) is 0 Å². The molecule has 0 unspecified atom stereocenters. The van der Waals surface area contributed by atoms with Crippen molar-refractivity contribution in [3.05, 3.63) is 29.8 Å². The molecule has 32 valence electrons. The summed E-state index contributed by atoms with van der Waals surface area (Å²) in [6.45, 7) is 3.31. The number of hydrogen-bond donors (Lipinski definition) is 0. The topological polar surface area (TPSA) is 29.4 Å². The molecule has 0 aromatic rings. The molecule has 0 saturated carbocycles. The Labute approximate surface area is 36.1 Å². The summed E-state index contributed by atoms with van der Waals surface area (Å²) in [6.07, 6.45) is 4.08. The molecule has 0 aromatic heterocycles. The van der Waals surface area contributed by atoms with Gasteiger partial charge in [0.05, 0.1) is 6.20 Å². The smallest absolute Gasteiger partial charge is 0.0714 e. The molecule has 0 aliphatic heterocycles. The first-order chi connectivity index (χ1) is 2.91. The number of allylic oxidation sites excluding steroid dienone is 2. The van der Waals surface area contributed by atoms with Crippen LogP contribution in [0.4, 0.5) is 0 Å². The monoisotopic (exact) mass is 83.0 g/mol. The fourth-order valence-corrected chi connectivity index (χ4v) is 0.0960. The zero-order chi connectivity index (χ0) is 4.83. The first-order valence-corrected chi connectivity index (χ1v) is 1.52. The first kappa shape index (κ1) is 5.08. The van der Waals surface area contributed by atoms with Crippen LogP contribution in [0.15, 0.2) is 30.1 Å². The van der Waals surface area contributed by atoms with E-state index in [1.807, 2.05) is 0 Å². The average molecular weight is 83.1 g/mol. The molecule has 0 aromatic carbocycles. The van der Waals surface area contributed by atoms with Gasteiger partial charge in [0.1, 0.15) is 0 Å². The second kappa shape index (κ2) is 4.08. The summed E-state index contributed by atoms with van der Waals surface area (Å²) in [4.78, 5) is 9.18. The molecule has 0 saturated heterocycles. The van der Waals surface area contributed by atoms with Crippen LogP contribution in [0.1, 0.15) is 0 Å². The van der Waals surface area contributed by atoms with Gasteiger partial charge in [-0.15, -0.1) is 4.91 Å². The molecular formula is C4H5NO. The molecule has 2 nitrogen and oxygen atoms in total. The van der Waals surface area contributed by atoms with Crippen LogP contribution in [-0.4, -0.2) is 0 Å². The molecule has 0 bridgehead atoms. The third kappa shape index (κ3) is 3.08. The second-order valence-electron chi connectivity index (χ2n) is 0.683. The van der Waals surface area contributed by atoms with Crippen molar-refractivity contribution in [3.8, 4) is 0 Å². The molecule has 0 rings (SSSR count). The first-order valence-electron chi connectivity index (χ1n) is 1.52. The van der Waals surface area contributed by atoms with Gasteiger partial charge in [0.25, 0.3) is 0 Å². The Balaban J connectivity index is 3.17. The molecule has 6 heavy (non-hydrogen) atoms. The molecule has 0 atom stereocenters. The van der Waals surface area contributed by atoms with Crippen LogP contribution in [0.5, 0.6) is 0 Å². The van der Waals surface area contributed by atoms with E-state index in [1.54, 1.807) is 0 Å². The molecule has 0 amide bonds. The van der Waals surface area contributed by atoms with Crippen molar-refractivity contribution in [2.75, 3.05) is 0 Å². The van der Waals surface area contributed by atoms with E-state index in [0.717, 1.165) is 6.20 Å². The average Bonchev–Trinajstić information content (AvgIpc) is 1.61. The molecule has 0 spiro atoms. The van der Waals surface area contributed by atoms with Crippen LogP contribution in [0.3, 0.4) is 0 Å². The maximum absolute atomic E-state index is 9.18. The van der Waals surface area contributed by atoms with Gasteiger partial charge in [0.2, 0.25) is 0 Å². The highest BCUT2D eigenvalue weighted by molar-refractivity contribution is 4.95. The molecule has 0 N–H and O–H groups in total. The zero-order valence-electron chi connectivity index (χ0n) is 3.29. The maximum atomic E-state index is 9.18. The Kier molecular flexibility index (Phi) is 3.45. The van der Waals surface area contributed by atoms with Crippen molar-refractivity contribution in [2.45, 2.75) is 0 Å². The summed E-state index contributed by atoms with van der Waals surface area (Å²) in [6, 6.07) is 0. The van der Waals surface area contributed by atoms with E-state index < -0.39 is 0 Å². The van der Waals surface area contributed by atoms with Crippen LogP contribution in [0.25, 0.3) is 0 Å². The van der Waals surface area contributed by atoms with Crippen molar-refractivity contribution in [2.24, 2.45) is 5.18 Å². The van der Waals surface area contributed by atoms with Crippen LogP contribution >= 0.6 is 0 Å². The fourth-order valence-electron chi connectivity index (χ4n) is 0.0960. The van der Waals surface area contributed by atoms with Crippen LogP contribution < -0.4 is 0 Å². The lowest BCUT2D eigenvalue weighted by Gasteiger charge is -1.56. The molecule has 0 radical (unpaired) electrons. The van der Waals surface area contributed by atoms with Crippen molar-refractivity contribution in [1.82, 2.24) is 0 Å². The standard InChI is InChI=1S/C4H5NO/c1-2-3-4-5-6/h2-4H,1H2. The van der Waals surface area contributed by atoms with Gasteiger partial charge < -0.3 is 0 Å². The van der Waals surface area contributed by atoms with Crippen molar-refractivity contribution in [3.63, 3.8) is 0 Å². The third-order valence-electron chi connectivity index (χ3n) is 0.283. The second-order valence-corrected chi connectivity index (χ2v) is 0.683. The van der Waals surface area contributed by atoms with Gasteiger partial charge in [0.15, 0.2) is 0 Å². The van der Waals surface area contributed by atoms with E-state index in [0.29, 0.717) is 0 Å². The van der Waals surface area contributed by atoms with Crippen molar-refractivity contribution in [1.29, 1.82) is 0 Å². The van der Waals surface area contributed by atoms with Gasteiger partial charge in [-0.1, -0.05) is 12.7 Å². The molecule has 0 heterocycles. The zero-order valence-corrected chi connectivity index (χ0v) is 3.29. The van der Waals surface area contributed by atoms with E-state index in [1.165, 1.54) is 12.2 Å². The molecule has 2 heteroatoms. The SMILES string of the molecule is C=CC=CN=O. The maximum Gasteiger partial charge on any atom is 0.0714 e. The van der Waals surface area contributed by atoms with Gasteiger partial charge in [-0.05, 0) is 11.3 Å². The summed E-state index contributed by atoms with van der Waals surface area (Å²) < 4.78 is 0. The fraction of sp³-hybridized carbons (Fsp3) is 0. The number of nitroso groups, excluding NO2 is 1. The predicted octanol–water partition coefficient (Wildman–Crippen LogP) is 1.45. The molecule has 0 aliphatic carbocycles. The van der Waals surface area contributed by atoms with Crippen LogP contribution in [0.2, 0.25) is 0 Å². The lowest BCUT2D eigenvalue weighted by atomic mass is 10.6. The van der Waals surface area contributed by atoms with E-state index in [2.05, 4.69) is 11.8 Å². The summed E-state index contributed by atoms with van der Waals surface area (Å²) in [7, 11) is 0. The molecular weight excluding hydrogens is 78.0 g/mol. The Morgan fingerprint density at radius 2 is 2.33 bits per heavy atom. The Hall–Kier alpha value is -0.920. The van der Waals surface area contributed by atoms with Crippen LogP contribution in [0, 0.1) is 4.91 Å². The Bertz CT molecular complexity index is 65.6. The predicted molar refractivity (Wildman–Crippen MR) is 25.1 cm³/mol. The number of rotatable bonds is 2. The summed E-state index contributed by atoms with van der Waals surface area (Å²) >= 11 is 0. The largest absolute Gasteiger partial charge is 0.145 e. The Morgan fingerprint density at radius 3 is 2.50 bits per heavy atom. The minimum absolute atomic E-state index is 1.13. The minimum atomic E-state index is 1.13. The van der Waals surface area contributed by atoms with E-state index in [-0.39, 0.29) is 0 Å². The number of hydrogen-bond acceptors (Lipinski definition) is 2. The molecule has 0 aliphatic rings. The van der Waals surface area contributed by atoms with Crippen LogP contribution in [-0.2, 0) is 0 Å². The normalized spacial score (nSPS) is 8.67. The van der Waals surface area contributed by atoms with Gasteiger partial charge >= 0.3 is 0 Å². The summed E-state index contributed by atoms with van der Waals surface area (Å²) in [5, 5.41) is 2.42. The van der Waals surface area contributed by atoms with E-state index in [9.17, 15) is 4.91 Å². The highest BCUT2D eigenvalue weighted by Crippen LogP contribution is 1.69. The van der Waals surface area contributed by atoms with Gasteiger partial charge in [-0.2, -0.15) is 0 Å². The third-order valence-corrected chi connectivity index (χ3v) is 0.283. The summed E-state index contributed by atoms with van der Waals surface area (Å²) in [5.74, 6) is 0. The quantitative estimate of drug-likeness (QED) is 0.367. The van der Waals surface area contributed by atoms with E-state index in [4.69, 9.17) is 0 Å². The lowest BCUT2D eigenvalue weighted by Crippen LogP contribution is -1.38. The minimum Gasteiger partial charge on any atom is -0.145 e. The van der Waals surface area contributed by atoms with Crippen molar-refractivity contribution < 1.29 is 0 Å². The summed E-state index contributed by atoms with van der Waals surface area (Å²) in [5.41, 5.74) is 0. The van der Waals surface area contributed by atoms with Crippen molar-refractivity contribution >= 4 is 0 Å². The van der Waals surface area contributed by atoms with E-state index >= 15 is 0 Å². The molecule has 0 fully saturated rings. The Morgan fingerprint density at radius 1 is 1.67 bits per heavy atom.